The second kappa shape index (κ2) is 10.1. The fraction of sp³-hybridized carbons (Fsp3) is 0.459. The molecule has 12 heteroatoms. The molecule has 6 aliphatic rings. The summed E-state index contributed by atoms with van der Waals surface area (Å²) in [7, 11) is 0. The van der Waals surface area contributed by atoms with Crippen LogP contribution in [0, 0.1) is 29.9 Å². The van der Waals surface area contributed by atoms with Gasteiger partial charge in [0.1, 0.15) is 40.9 Å². The lowest BCUT2D eigenvalue weighted by Crippen LogP contribution is -2.64. The largest absolute Gasteiger partial charge is 0.472 e. The molecule has 2 bridgehead atoms. The molecule has 10 rings (SSSR count). The van der Waals surface area contributed by atoms with E-state index in [0.717, 1.165) is 25.8 Å². The number of terminal acetylenes is 1. The van der Waals surface area contributed by atoms with E-state index in [-0.39, 0.29) is 46.3 Å². The molecule has 10 nitrogen and oxygen atoms in total. The van der Waals surface area contributed by atoms with Gasteiger partial charge in [0.2, 0.25) is 5.88 Å². The Bertz CT molecular complexity index is 2160. The van der Waals surface area contributed by atoms with Crippen LogP contribution in [0.4, 0.5) is 19.4 Å². The van der Waals surface area contributed by atoms with Crippen molar-refractivity contribution in [2.24, 2.45) is 5.92 Å². The third kappa shape index (κ3) is 4.02. The average molecular weight is 665 g/mol. The normalized spacial score (nSPS) is 30.8. The maximum absolute atomic E-state index is 17.2. The first-order chi connectivity index (χ1) is 23.8. The third-order valence-corrected chi connectivity index (χ3v) is 12.1. The zero-order valence-corrected chi connectivity index (χ0v) is 26.9. The quantitative estimate of drug-likeness (QED) is 0.280. The maximum Gasteiger partial charge on any atom is 0.407 e. The molecule has 1 N–H and O–H groups in total. The van der Waals surface area contributed by atoms with Gasteiger partial charge in [0.15, 0.2) is 5.82 Å². The van der Waals surface area contributed by atoms with Gasteiger partial charge in [0, 0.05) is 23.5 Å². The summed E-state index contributed by atoms with van der Waals surface area (Å²) in [6, 6.07) is 7.78. The number of carbonyl (C=O) groups is 1. The SMILES string of the molecule is C#Cc1c(F)ccc2cccc(-c3nc4c5c(nc(OCC67CCCN6[C@@H]6C[C@@H]6C7)nc5c3F)N3CC5CCC(C3C(C)O4)N5C(=O)O)c12. The molecule has 5 unspecified atom stereocenters. The van der Waals surface area contributed by atoms with Crippen LogP contribution in [0.25, 0.3) is 32.9 Å². The van der Waals surface area contributed by atoms with Crippen molar-refractivity contribution >= 4 is 33.6 Å². The molecule has 2 aromatic heterocycles. The molecular formula is C37H34F2N6O4. The van der Waals surface area contributed by atoms with Crippen LogP contribution in [-0.4, -0.2) is 91.5 Å². The molecule has 0 radical (unpaired) electrons. The number of hydrogen-bond acceptors (Lipinski definition) is 8. The Morgan fingerprint density at radius 2 is 2.04 bits per heavy atom. The Labute approximate surface area is 281 Å². The monoisotopic (exact) mass is 664 g/mol. The summed E-state index contributed by atoms with van der Waals surface area (Å²) >= 11 is 0. The minimum absolute atomic E-state index is 0.0128. The van der Waals surface area contributed by atoms with Gasteiger partial charge in [-0.3, -0.25) is 9.80 Å². The van der Waals surface area contributed by atoms with Crippen molar-refractivity contribution in [2.45, 2.75) is 81.3 Å². The molecular weight excluding hydrogens is 630 g/mol. The van der Waals surface area contributed by atoms with Crippen LogP contribution < -0.4 is 14.4 Å². The molecule has 7 heterocycles. The number of hydrogen-bond donors (Lipinski definition) is 1. The van der Waals surface area contributed by atoms with Crippen LogP contribution in [0.3, 0.4) is 0 Å². The number of nitrogens with zero attached hydrogens (tertiary/aromatic N) is 6. The lowest BCUT2D eigenvalue weighted by Gasteiger charge is -2.47. The van der Waals surface area contributed by atoms with E-state index in [2.05, 4.69) is 15.7 Å². The average Bonchev–Trinajstić information content (AvgIpc) is 3.46. The van der Waals surface area contributed by atoms with Crippen molar-refractivity contribution in [1.29, 1.82) is 0 Å². The van der Waals surface area contributed by atoms with E-state index in [9.17, 15) is 9.90 Å². The highest BCUT2D eigenvalue weighted by molar-refractivity contribution is 6.03. The predicted molar refractivity (Wildman–Crippen MR) is 177 cm³/mol. The van der Waals surface area contributed by atoms with Crippen LogP contribution in [0.15, 0.2) is 30.3 Å². The van der Waals surface area contributed by atoms with Crippen LogP contribution in [-0.2, 0) is 0 Å². The van der Waals surface area contributed by atoms with Crippen molar-refractivity contribution in [3.63, 3.8) is 0 Å². The molecule has 1 amide bonds. The molecule has 49 heavy (non-hydrogen) atoms. The molecule has 1 saturated carbocycles. The van der Waals surface area contributed by atoms with E-state index in [0.29, 0.717) is 65.5 Å². The standard InChI is InChI=1S/C37H34F2N6O4/c1-3-22-24(38)10-8-19-6-4-7-23(27(19)22)30-29(39)31-28-33(42-35(41-31)48-17-37-12-5-13-44(37)26-14-20(26)15-37)43-16-21-9-11-25(45(21)36(46)47)32(43)18(2)49-34(28)40-30/h1,4,6-8,10,18,20-21,25-26,32H,5,9,11-17H2,2H3,(H,46,47)/t18?,20-,21?,25?,26-,32?,37?/m1/s1. The second-order valence-electron chi connectivity index (χ2n) is 14.6. The smallest absolute Gasteiger partial charge is 0.407 e. The lowest BCUT2D eigenvalue weighted by molar-refractivity contribution is 0.0705. The first-order valence-corrected chi connectivity index (χ1v) is 17.2. The van der Waals surface area contributed by atoms with E-state index in [4.69, 9.17) is 30.8 Å². The summed E-state index contributed by atoms with van der Waals surface area (Å²) in [5, 5.41) is 11.5. The Morgan fingerprint density at radius 1 is 1.16 bits per heavy atom. The van der Waals surface area contributed by atoms with Crippen molar-refractivity contribution in [1.82, 2.24) is 24.8 Å². The van der Waals surface area contributed by atoms with Gasteiger partial charge in [-0.2, -0.15) is 9.97 Å². The summed E-state index contributed by atoms with van der Waals surface area (Å²) < 4.78 is 45.3. The number of ether oxygens (including phenoxy) is 2. The first-order valence-electron chi connectivity index (χ1n) is 17.2. The molecule has 1 aliphatic carbocycles. The first kappa shape index (κ1) is 29.2. The van der Waals surface area contributed by atoms with Gasteiger partial charge >= 0.3 is 12.1 Å². The Kier molecular flexibility index (Phi) is 6.04. The molecule has 2 aromatic carbocycles. The van der Waals surface area contributed by atoms with E-state index in [1.807, 2.05) is 6.92 Å². The number of carboxylic acid groups (broad SMARTS) is 1. The minimum atomic E-state index is -0.966. The zero-order chi connectivity index (χ0) is 33.3. The number of fused-ring (bicyclic) bond motifs is 9. The Morgan fingerprint density at radius 3 is 2.88 bits per heavy atom. The topological polar surface area (TPSA) is 104 Å². The highest BCUT2D eigenvalue weighted by Crippen LogP contribution is 2.57. The van der Waals surface area contributed by atoms with Crippen molar-refractivity contribution in [2.75, 3.05) is 24.6 Å². The van der Waals surface area contributed by atoms with E-state index >= 15 is 8.78 Å². The van der Waals surface area contributed by atoms with Crippen LogP contribution in [0.5, 0.6) is 11.9 Å². The molecule has 0 spiro atoms. The number of pyridine rings is 1. The Hall–Kier alpha value is -4.76. The van der Waals surface area contributed by atoms with Gasteiger partial charge in [-0.25, -0.2) is 18.6 Å². The number of piperazine rings is 1. The highest BCUT2D eigenvalue weighted by atomic mass is 19.1. The molecule has 4 aromatic rings. The fourth-order valence-corrected chi connectivity index (χ4v) is 10.1. The van der Waals surface area contributed by atoms with Gasteiger partial charge in [0.05, 0.1) is 29.2 Å². The van der Waals surface area contributed by atoms with E-state index in [1.54, 1.807) is 24.3 Å². The van der Waals surface area contributed by atoms with Gasteiger partial charge < -0.3 is 19.5 Å². The lowest BCUT2D eigenvalue weighted by atomic mass is 9.93. The summed E-state index contributed by atoms with van der Waals surface area (Å²) in [4.78, 5) is 33.0. The van der Waals surface area contributed by atoms with Crippen LogP contribution in [0.1, 0.15) is 51.0 Å². The predicted octanol–water partition coefficient (Wildman–Crippen LogP) is 5.59. The zero-order valence-electron chi connectivity index (χ0n) is 26.9. The second-order valence-corrected chi connectivity index (χ2v) is 14.6. The van der Waals surface area contributed by atoms with Crippen LogP contribution >= 0.6 is 0 Å². The summed E-state index contributed by atoms with van der Waals surface area (Å²) in [6.07, 6.45) is 10.1. The van der Waals surface area contributed by atoms with Gasteiger partial charge in [-0.1, -0.05) is 30.2 Å². The van der Waals surface area contributed by atoms with Gasteiger partial charge in [-0.05, 0) is 69.4 Å². The van der Waals surface area contributed by atoms with Gasteiger partial charge in [-0.15, -0.1) is 6.42 Å². The summed E-state index contributed by atoms with van der Waals surface area (Å²) in [5.74, 6) is 2.38. The highest BCUT2D eigenvalue weighted by Gasteiger charge is 2.61. The minimum Gasteiger partial charge on any atom is -0.472 e. The van der Waals surface area contributed by atoms with E-state index in [1.165, 1.54) is 17.4 Å². The molecule has 250 valence electrons. The summed E-state index contributed by atoms with van der Waals surface area (Å²) in [5.41, 5.74) is 0.148. The fourth-order valence-electron chi connectivity index (χ4n) is 10.1. The van der Waals surface area contributed by atoms with Crippen LogP contribution in [0.2, 0.25) is 0 Å². The molecule has 4 saturated heterocycles. The van der Waals surface area contributed by atoms with Crippen molar-refractivity contribution < 1.29 is 28.2 Å². The van der Waals surface area contributed by atoms with Crippen molar-refractivity contribution in [3.05, 3.63) is 47.5 Å². The van der Waals surface area contributed by atoms with Gasteiger partial charge in [0.25, 0.3) is 0 Å². The Balaban J connectivity index is 1.17. The van der Waals surface area contributed by atoms with E-state index < -0.39 is 29.9 Å². The summed E-state index contributed by atoms with van der Waals surface area (Å²) in [6.45, 7) is 3.71. The molecule has 5 aliphatic heterocycles. The third-order valence-electron chi connectivity index (χ3n) is 12.1. The maximum atomic E-state index is 17.2. The number of anilines is 1. The number of aromatic nitrogens is 3. The van der Waals surface area contributed by atoms with Crippen molar-refractivity contribution in [3.8, 4) is 35.5 Å². The number of rotatable bonds is 4. The number of amides is 1. The number of halogens is 2. The molecule has 7 atom stereocenters. The number of benzene rings is 2. The number of piperidine rings is 1. The molecule has 5 fully saturated rings.